The van der Waals surface area contributed by atoms with E-state index in [0.717, 1.165) is 0 Å². The number of benzene rings is 1. The van der Waals surface area contributed by atoms with Gasteiger partial charge in [0.2, 0.25) is 5.82 Å². The number of aromatic nitrogens is 3. The molecule has 25 heavy (non-hydrogen) atoms. The first-order valence-corrected chi connectivity index (χ1v) is 8.34. The number of carbonyl (C=O) groups is 1. The number of nitrogens with one attached hydrogen (secondary N) is 1. The van der Waals surface area contributed by atoms with Gasteiger partial charge in [0.05, 0.1) is 10.0 Å². The Morgan fingerprint density at radius 3 is 2.36 bits per heavy atom. The van der Waals surface area contributed by atoms with Crippen LogP contribution in [-0.4, -0.2) is 32.8 Å². The van der Waals surface area contributed by atoms with Crippen molar-refractivity contribution in [1.82, 2.24) is 20.1 Å². The topological polar surface area (TPSA) is 85.8 Å². The Hall–Kier alpha value is -1.34. The number of hydrogen-bond acceptors (Lipinski definition) is 4. The van der Waals surface area contributed by atoms with Gasteiger partial charge in [-0.1, -0.05) is 43.1 Å². The maximum Gasteiger partial charge on any atom is 0.291 e. The van der Waals surface area contributed by atoms with E-state index in [0.29, 0.717) is 28.1 Å². The van der Waals surface area contributed by atoms with E-state index < -0.39 is 11.4 Å². The molecule has 2 rings (SSSR count). The quantitative estimate of drug-likeness (QED) is 0.794. The zero-order valence-corrected chi connectivity index (χ0v) is 16.8. The van der Waals surface area contributed by atoms with Crippen LogP contribution < -0.4 is 11.1 Å². The molecule has 1 heterocycles. The Morgan fingerprint density at radius 2 is 1.88 bits per heavy atom. The predicted molar refractivity (Wildman–Crippen MR) is 103 cm³/mol. The minimum atomic E-state index is -0.523. The van der Waals surface area contributed by atoms with Gasteiger partial charge in [0.25, 0.3) is 5.91 Å². The number of nitrogens with two attached hydrogens (primary N) is 1. The van der Waals surface area contributed by atoms with Gasteiger partial charge in [-0.2, -0.15) is 0 Å². The molecular weight excluding hydrogens is 385 g/mol. The second-order valence-corrected chi connectivity index (χ2v) is 7.42. The number of nitrogens with zero attached hydrogens (tertiary/aromatic N) is 3. The van der Waals surface area contributed by atoms with Gasteiger partial charge in [0, 0.05) is 18.0 Å². The first-order chi connectivity index (χ1) is 11.1. The van der Waals surface area contributed by atoms with Crippen LogP contribution in [0.25, 0.3) is 5.69 Å². The summed E-state index contributed by atoms with van der Waals surface area (Å²) in [5.74, 6) is 0.288. The molecule has 1 aromatic heterocycles. The Kier molecular flexibility index (Phi) is 7.26. The van der Waals surface area contributed by atoms with Crippen LogP contribution in [0.3, 0.4) is 0 Å². The summed E-state index contributed by atoms with van der Waals surface area (Å²) in [7, 11) is 0. The monoisotopic (exact) mass is 405 g/mol. The van der Waals surface area contributed by atoms with Crippen molar-refractivity contribution in [3.8, 4) is 5.69 Å². The van der Waals surface area contributed by atoms with Gasteiger partial charge in [-0.25, -0.2) is 9.67 Å². The Bertz CT molecular complexity index is 732. The molecule has 138 valence electrons. The lowest BCUT2D eigenvalue weighted by atomic mass is 10.1. The second-order valence-electron chi connectivity index (χ2n) is 6.60. The molecule has 0 saturated carbocycles. The molecule has 3 N–H and O–H groups in total. The van der Waals surface area contributed by atoms with Crippen LogP contribution in [0.4, 0.5) is 0 Å². The van der Waals surface area contributed by atoms with Gasteiger partial charge < -0.3 is 11.1 Å². The largest absolute Gasteiger partial charge is 0.347 e. The number of carbonyl (C=O) groups excluding carboxylic acids is 1. The van der Waals surface area contributed by atoms with Gasteiger partial charge in [-0.3, -0.25) is 4.79 Å². The zero-order valence-electron chi connectivity index (χ0n) is 14.5. The van der Waals surface area contributed by atoms with Gasteiger partial charge >= 0.3 is 0 Å². The van der Waals surface area contributed by atoms with E-state index in [2.05, 4.69) is 15.4 Å². The van der Waals surface area contributed by atoms with E-state index in [9.17, 15) is 4.79 Å². The number of hydrogen-bond donors (Lipinski definition) is 2. The third-order valence-electron chi connectivity index (χ3n) is 3.21. The summed E-state index contributed by atoms with van der Waals surface area (Å²) in [5, 5.41) is 7.91. The van der Waals surface area contributed by atoms with Crippen molar-refractivity contribution in [2.24, 2.45) is 5.73 Å². The van der Waals surface area contributed by atoms with Gasteiger partial charge in [0.15, 0.2) is 0 Å². The zero-order chi connectivity index (χ0) is 18.1. The molecule has 0 radical (unpaired) electrons. The lowest BCUT2D eigenvalue weighted by Crippen LogP contribution is -2.45. The summed E-state index contributed by atoms with van der Waals surface area (Å²) in [6, 6.07) is 5.17. The molecule has 9 heteroatoms. The maximum absolute atomic E-state index is 12.3. The average Bonchev–Trinajstić information content (AvgIpc) is 2.89. The van der Waals surface area contributed by atoms with Crippen LogP contribution in [0.1, 0.15) is 50.1 Å². The van der Waals surface area contributed by atoms with Crippen LogP contribution in [0.15, 0.2) is 18.2 Å². The number of para-hydroxylation sites is 1. The summed E-state index contributed by atoms with van der Waals surface area (Å²) >= 11 is 12.5. The summed E-state index contributed by atoms with van der Waals surface area (Å²) in [6.07, 6.45) is 0. The molecule has 0 bridgehead atoms. The lowest BCUT2D eigenvalue weighted by Gasteiger charge is -2.18. The van der Waals surface area contributed by atoms with E-state index in [1.165, 1.54) is 4.68 Å². The van der Waals surface area contributed by atoms with Crippen molar-refractivity contribution in [2.45, 2.75) is 39.2 Å². The molecule has 0 fully saturated rings. The molecule has 0 saturated heterocycles. The molecule has 0 atom stereocenters. The fraction of sp³-hybridized carbons (Fsp3) is 0.438. The van der Waals surface area contributed by atoms with Crippen molar-refractivity contribution in [3.63, 3.8) is 0 Å². The van der Waals surface area contributed by atoms with Crippen molar-refractivity contribution in [3.05, 3.63) is 39.9 Å². The van der Waals surface area contributed by atoms with Crippen LogP contribution >= 0.6 is 35.6 Å². The normalized spacial score (nSPS) is 11.4. The molecule has 2 aromatic rings. The third-order valence-corrected chi connectivity index (χ3v) is 3.82. The average molecular weight is 407 g/mol. The van der Waals surface area contributed by atoms with Crippen LogP contribution in [0.5, 0.6) is 0 Å². The third kappa shape index (κ3) is 5.31. The van der Waals surface area contributed by atoms with E-state index in [1.54, 1.807) is 18.2 Å². The molecule has 1 amide bonds. The van der Waals surface area contributed by atoms with E-state index in [4.69, 9.17) is 28.9 Å². The highest BCUT2D eigenvalue weighted by Gasteiger charge is 2.23. The van der Waals surface area contributed by atoms with Crippen molar-refractivity contribution < 1.29 is 4.79 Å². The molecule has 6 nitrogen and oxygen atoms in total. The van der Waals surface area contributed by atoms with E-state index in [-0.39, 0.29) is 24.1 Å². The smallest absolute Gasteiger partial charge is 0.291 e. The van der Waals surface area contributed by atoms with Crippen molar-refractivity contribution in [2.75, 3.05) is 6.54 Å². The van der Waals surface area contributed by atoms with Crippen LogP contribution in [0, 0.1) is 0 Å². The maximum atomic E-state index is 12.3. The minimum absolute atomic E-state index is 0. The van der Waals surface area contributed by atoms with Crippen molar-refractivity contribution in [1.29, 1.82) is 0 Å². The second kappa shape index (κ2) is 8.36. The lowest BCUT2D eigenvalue weighted by molar-refractivity contribution is 0.0935. The fourth-order valence-corrected chi connectivity index (χ4v) is 2.59. The molecule has 0 spiro atoms. The minimum Gasteiger partial charge on any atom is -0.347 e. The summed E-state index contributed by atoms with van der Waals surface area (Å²) in [4.78, 5) is 16.7. The standard InChI is InChI=1S/C16H21Cl2N5O.ClH/c1-9(2)14-21-13(15(24)20-8-16(3,4)19)22-23(14)12-10(17)6-5-7-11(12)18;/h5-7,9H,8,19H2,1-4H3,(H,20,24);1H. The van der Waals surface area contributed by atoms with Crippen molar-refractivity contribution >= 4 is 41.5 Å². The highest BCUT2D eigenvalue weighted by atomic mass is 35.5. The predicted octanol–water partition coefficient (Wildman–Crippen LogP) is 3.59. The Balaban J connectivity index is 0.00000312. The molecular formula is C16H22Cl3N5O. The number of halogens is 3. The van der Waals surface area contributed by atoms with E-state index in [1.807, 2.05) is 27.7 Å². The molecule has 0 aliphatic carbocycles. The molecule has 0 aliphatic heterocycles. The van der Waals surface area contributed by atoms with Gasteiger partial charge in [-0.15, -0.1) is 17.5 Å². The summed E-state index contributed by atoms with van der Waals surface area (Å²) < 4.78 is 1.53. The highest BCUT2D eigenvalue weighted by molar-refractivity contribution is 6.37. The molecule has 0 aliphatic rings. The van der Waals surface area contributed by atoms with Gasteiger partial charge in [-0.05, 0) is 26.0 Å². The summed E-state index contributed by atoms with van der Waals surface area (Å²) in [6.45, 7) is 7.86. The van der Waals surface area contributed by atoms with Crippen LogP contribution in [0.2, 0.25) is 10.0 Å². The number of rotatable bonds is 5. The first kappa shape index (κ1) is 21.7. The SMILES string of the molecule is CC(C)c1nc(C(=O)NCC(C)(C)N)nn1-c1c(Cl)cccc1Cl.Cl. The number of amides is 1. The first-order valence-electron chi connectivity index (χ1n) is 7.58. The Morgan fingerprint density at radius 1 is 1.32 bits per heavy atom. The van der Waals surface area contributed by atoms with E-state index >= 15 is 0 Å². The van der Waals surface area contributed by atoms with Crippen LogP contribution in [-0.2, 0) is 0 Å². The fourth-order valence-electron chi connectivity index (χ4n) is 2.04. The Labute approximate surface area is 163 Å². The molecule has 1 aromatic carbocycles. The molecule has 0 unspecified atom stereocenters. The van der Waals surface area contributed by atoms with Gasteiger partial charge in [0.1, 0.15) is 11.5 Å². The summed E-state index contributed by atoms with van der Waals surface area (Å²) in [5.41, 5.74) is 5.87. The highest BCUT2D eigenvalue weighted by Crippen LogP contribution is 2.30.